The van der Waals surface area contributed by atoms with E-state index in [0.717, 1.165) is 36.0 Å². The number of hydrogen-bond donors (Lipinski definition) is 1. The van der Waals surface area contributed by atoms with E-state index in [1.165, 1.54) is 0 Å². The lowest BCUT2D eigenvalue weighted by atomic mass is 9.74. The molecule has 0 saturated carbocycles. The molecule has 0 spiro atoms. The third-order valence-corrected chi connectivity index (χ3v) is 4.44. The van der Waals surface area contributed by atoms with Gasteiger partial charge in [-0.15, -0.1) is 0 Å². The van der Waals surface area contributed by atoms with Crippen LogP contribution >= 0.6 is 15.9 Å². The van der Waals surface area contributed by atoms with Crippen LogP contribution in [0.5, 0.6) is 0 Å². The van der Waals surface area contributed by atoms with E-state index in [4.69, 9.17) is 0 Å². The van der Waals surface area contributed by atoms with Gasteiger partial charge in [0.05, 0.1) is 0 Å². The maximum Gasteiger partial charge on any atom is 0.126 e. The normalized spacial score (nSPS) is 14.7. The van der Waals surface area contributed by atoms with Gasteiger partial charge in [-0.25, -0.2) is 4.39 Å². The van der Waals surface area contributed by atoms with Crippen LogP contribution in [0.1, 0.15) is 39.7 Å². The minimum absolute atomic E-state index is 0.0663. The summed E-state index contributed by atoms with van der Waals surface area (Å²) in [4.78, 5) is 0. The summed E-state index contributed by atoms with van der Waals surface area (Å²) < 4.78 is 14.9. The van der Waals surface area contributed by atoms with Crippen molar-refractivity contribution >= 4 is 15.9 Å². The molecule has 0 aliphatic carbocycles. The van der Waals surface area contributed by atoms with Gasteiger partial charge >= 0.3 is 0 Å². The second kappa shape index (κ2) is 7.39. The van der Waals surface area contributed by atoms with Crippen LogP contribution < -0.4 is 5.32 Å². The van der Waals surface area contributed by atoms with Crippen molar-refractivity contribution in [2.45, 2.75) is 40.5 Å². The van der Waals surface area contributed by atoms with Gasteiger partial charge in [-0.1, -0.05) is 43.6 Å². The van der Waals surface area contributed by atoms with Crippen LogP contribution in [-0.2, 0) is 6.42 Å². The zero-order valence-corrected chi connectivity index (χ0v) is 14.0. The van der Waals surface area contributed by atoms with Gasteiger partial charge < -0.3 is 5.32 Å². The number of rotatable bonds is 7. The SMILES string of the molecule is CCCNCC(C)(Cc1cc(Br)ccc1F)C(C)C. The van der Waals surface area contributed by atoms with Crippen molar-refractivity contribution in [3.05, 3.63) is 34.1 Å². The number of halogens is 2. The van der Waals surface area contributed by atoms with Crippen LogP contribution in [-0.4, -0.2) is 13.1 Å². The molecule has 0 radical (unpaired) electrons. The van der Waals surface area contributed by atoms with E-state index in [2.05, 4.69) is 48.9 Å². The van der Waals surface area contributed by atoms with E-state index < -0.39 is 0 Å². The van der Waals surface area contributed by atoms with Crippen molar-refractivity contribution in [3.8, 4) is 0 Å². The lowest BCUT2D eigenvalue weighted by Gasteiger charge is -2.34. The second-order valence-corrected chi connectivity index (χ2v) is 6.81. The Morgan fingerprint density at radius 1 is 1.37 bits per heavy atom. The Morgan fingerprint density at radius 3 is 2.63 bits per heavy atom. The summed E-state index contributed by atoms with van der Waals surface area (Å²) in [6, 6.07) is 5.19. The maximum atomic E-state index is 13.9. The fourth-order valence-corrected chi connectivity index (χ4v) is 2.54. The largest absolute Gasteiger partial charge is 0.316 e. The van der Waals surface area contributed by atoms with Crippen molar-refractivity contribution in [1.29, 1.82) is 0 Å². The summed E-state index contributed by atoms with van der Waals surface area (Å²) in [5.41, 5.74) is 0.862. The lowest BCUT2D eigenvalue weighted by Crippen LogP contribution is -2.38. The molecule has 1 unspecified atom stereocenters. The number of nitrogens with one attached hydrogen (secondary N) is 1. The zero-order valence-electron chi connectivity index (χ0n) is 12.4. The van der Waals surface area contributed by atoms with E-state index in [1.54, 1.807) is 12.1 Å². The monoisotopic (exact) mass is 329 g/mol. The topological polar surface area (TPSA) is 12.0 Å². The smallest absolute Gasteiger partial charge is 0.126 e. The first-order valence-corrected chi connectivity index (χ1v) is 7.83. The van der Waals surface area contributed by atoms with Gasteiger partial charge in [0, 0.05) is 11.0 Å². The Labute approximate surface area is 125 Å². The molecule has 1 aromatic rings. The fraction of sp³-hybridized carbons (Fsp3) is 0.625. The predicted octanol–water partition coefficient (Wildman–Crippen LogP) is 4.79. The Kier molecular flexibility index (Phi) is 6.48. The average molecular weight is 330 g/mol. The molecule has 0 aliphatic rings. The van der Waals surface area contributed by atoms with Crippen LogP contribution in [0.25, 0.3) is 0 Å². The molecular formula is C16H25BrFN. The molecule has 0 aliphatic heterocycles. The molecule has 0 bridgehead atoms. The lowest BCUT2D eigenvalue weighted by molar-refractivity contribution is 0.205. The van der Waals surface area contributed by atoms with E-state index >= 15 is 0 Å². The van der Waals surface area contributed by atoms with Gasteiger partial charge in [0.25, 0.3) is 0 Å². The van der Waals surface area contributed by atoms with E-state index in [-0.39, 0.29) is 11.2 Å². The van der Waals surface area contributed by atoms with Gasteiger partial charge in [0.15, 0.2) is 0 Å². The molecule has 0 saturated heterocycles. The second-order valence-electron chi connectivity index (χ2n) is 5.90. The highest BCUT2D eigenvalue weighted by Gasteiger charge is 2.29. The summed E-state index contributed by atoms with van der Waals surface area (Å²) >= 11 is 3.42. The van der Waals surface area contributed by atoms with Crippen LogP contribution in [0.4, 0.5) is 4.39 Å². The quantitative estimate of drug-likeness (QED) is 0.709. The molecule has 1 N–H and O–H groups in total. The molecular weight excluding hydrogens is 305 g/mol. The first-order chi connectivity index (χ1) is 8.89. The van der Waals surface area contributed by atoms with E-state index in [0.29, 0.717) is 5.92 Å². The van der Waals surface area contributed by atoms with E-state index in [1.807, 2.05) is 6.07 Å². The molecule has 1 rings (SSSR count). The van der Waals surface area contributed by atoms with E-state index in [9.17, 15) is 4.39 Å². The van der Waals surface area contributed by atoms with Crippen LogP contribution in [0.3, 0.4) is 0 Å². The maximum absolute atomic E-state index is 13.9. The first-order valence-electron chi connectivity index (χ1n) is 7.03. The van der Waals surface area contributed by atoms with Crippen LogP contribution in [0.2, 0.25) is 0 Å². The highest BCUT2D eigenvalue weighted by atomic mass is 79.9. The average Bonchev–Trinajstić information content (AvgIpc) is 2.34. The highest BCUT2D eigenvalue weighted by molar-refractivity contribution is 9.10. The molecule has 19 heavy (non-hydrogen) atoms. The van der Waals surface area contributed by atoms with Gasteiger partial charge in [-0.3, -0.25) is 0 Å². The third-order valence-electron chi connectivity index (χ3n) is 3.95. The third kappa shape index (κ3) is 4.88. The molecule has 0 fully saturated rings. The molecule has 0 heterocycles. The van der Waals surface area contributed by atoms with Crippen molar-refractivity contribution in [1.82, 2.24) is 5.32 Å². The van der Waals surface area contributed by atoms with Crippen molar-refractivity contribution in [3.63, 3.8) is 0 Å². The van der Waals surface area contributed by atoms with Gasteiger partial charge in [-0.2, -0.15) is 0 Å². The standard InChI is InChI=1S/C16H25BrFN/c1-5-8-19-11-16(4,12(2)3)10-13-9-14(17)6-7-15(13)18/h6-7,9,12,19H,5,8,10-11H2,1-4H3. The predicted molar refractivity (Wildman–Crippen MR) is 83.9 cm³/mol. The summed E-state index contributed by atoms with van der Waals surface area (Å²) in [5.74, 6) is 0.390. The highest BCUT2D eigenvalue weighted by Crippen LogP contribution is 2.32. The Hall–Kier alpha value is -0.410. The molecule has 1 atom stereocenters. The fourth-order valence-electron chi connectivity index (χ4n) is 2.14. The summed E-state index contributed by atoms with van der Waals surface area (Å²) in [6.45, 7) is 10.8. The van der Waals surface area contributed by atoms with Crippen molar-refractivity contribution in [2.75, 3.05) is 13.1 Å². The van der Waals surface area contributed by atoms with Gasteiger partial charge in [0.2, 0.25) is 0 Å². The summed E-state index contributed by atoms with van der Waals surface area (Å²) in [7, 11) is 0. The van der Waals surface area contributed by atoms with Crippen LogP contribution in [0.15, 0.2) is 22.7 Å². The molecule has 0 aromatic heterocycles. The minimum atomic E-state index is -0.106. The Bertz CT molecular complexity index is 406. The molecule has 1 nitrogen and oxygen atoms in total. The van der Waals surface area contributed by atoms with Crippen molar-refractivity contribution in [2.24, 2.45) is 11.3 Å². The summed E-state index contributed by atoms with van der Waals surface area (Å²) in [6.07, 6.45) is 1.88. The Balaban J connectivity index is 2.85. The molecule has 3 heteroatoms. The molecule has 0 amide bonds. The Morgan fingerprint density at radius 2 is 2.05 bits per heavy atom. The summed E-state index contributed by atoms with van der Waals surface area (Å²) in [5, 5.41) is 3.48. The minimum Gasteiger partial charge on any atom is -0.316 e. The van der Waals surface area contributed by atoms with Gasteiger partial charge in [-0.05, 0) is 54.5 Å². The number of benzene rings is 1. The van der Waals surface area contributed by atoms with Crippen LogP contribution in [0, 0.1) is 17.2 Å². The van der Waals surface area contributed by atoms with Gasteiger partial charge in [0.1, 0.15) is 5.82 Å². The molecule has 1 aromatic carbocycles. The zero-order chi connectivity index (χ0) is 14.5. The first kappa shape index (κ1) is 16.6. The number of hydrogen-bond acceptors (Lipinski definition) is 1. The molecule has 108 valence electrons. The van der Waals surface area contributed by atoms with Crippen molar-refractivity contribution < 1.29 is 4.39 Å².